The highest BCUT2D eigenvalue weighted by molar-refractivity contribution is 5.94. The number of carbonyl (C=O) groups excluding carboxylic acids is 1. The zero-order valence-corrected chi connectivity index (χ0v) is 10.6. The van der Waals surface area contributed by atoms with Crippen LogP contribution in [0.25, 0.3) is 0 Å². The van der Waals surface area contributed by atoms with Crippen molar-refractivity contribution in [2.45, 2.75) is 6.54 Å². The molecule has 1 aromatic heterocycles. The number of carboxylic acids is 1. The Morgan fingerprint density at radius 2 is 2.20 bits per heavy atom. The lowest BCUT2D eigenvalue weighted by Crippen LogP contribution is -2.27. The van der Waals surface area contributed by atoms with Crippen molar-refractivity contribution in [1.82, 2.24) is 14.9 Å². The molecular formula is C13H14N4O3. The number of carboxylic acid groups (broad SMARTS) is 1. The van der Waals surface area contributed by atoms with Crippen molar-refractivity contribution >= 4 is 17.6 Å². The Morgan fingerprint density at radius 3 is 2.85 bits per heavy atom. The fourth-order valence-electron chi connectivity index (χ4n) is 1.67. The Labute approximate surface area is 115 Å². The predicted molar refractivity (Wildman–Crippen MR) is 72.4 cm³/mol. The van der Waals surface area contributed by atoms with Crippen molar-refractivity contribution in [3.8, 4) is 0 Å². The minimum absolute atomic E-state index is 0.0211. The summed E-state index contributed by atoms with van der Waals surface area (Å²) in [5.74, 6) is -1.30. The van der Waals surface area contributed by atoms with Crippen molar-refractivity contribution in [3.05, 3.63) is 48.0 Å². The van der Waals surface area contributed by atoms with Gasteiger partial charge in [0, 0.05) is 30.5 Å². The minimum Gasteiger partial charge on any atom is -0.476 e. The molecule has 0 radical (unpaired) electrons. The molecule has 7 heteroatoms. The topological polar surface area (TPSA) is 110 Å². The van der Waals surface area contributed by atoms with E-state index in [1.165, 1.54) is 12.5 Å². The predicted octanol–water partition coefficient (Wildman–Crippen LogP) is 0.593. The molecule has 1 aromatic carbocycles. The van der Waals surface area contributed by atoms with Gasteiger partial charge in [0.25, 0.3) is 5.91 Å². The van der Waals surface area contributed by atoms with E-state index in [0.717, 1.165) is 0 Å². The second kappa shape index (κ2) is 5.87. The monoisotopic (exact) mass is 274 g/mol. The van der Waals surface area contributed by atoms with E-state index in [-0.39, 0.29) is 11.6 Å². The summed E-state index contributed by atoms with van der Waals surface area (Å²) in [7, 11) is 0. The number of nitrogens with two attached hydrogens (primary N) is 1. The van der Waals surface area contributed by atoms with Crippen LogP contribution < -0.4 is 11.1 Å². The van der Waals surface area contributed by atoms with Crippen molar-refractivity contribution in [2.24, 2.45) is 0 Å². The van der Waals surface area contributed by atoms with E-state index in [9.17, 15) is 9.59 Å². The fourth-order valence-corrected chi connectivity index (χ4v) is 1.67. The molecule has 0 fully saturated rings. The molecule has 20 heavy (non-hydrogen) atoms. The van der Waals surface area contributed by atoms with Gasteiger partial charge in [0.2, 0.25) is 0 Å². The Bertz CT molecular complexity index is 636. The summed E-state index contributed by atoms with van der Waals surface area (Å²) in [5.41, 5.74) is 6.59. The molecule has 0 aliphatic carbocycles. The minimum atomic E-state index is -1.08. The van der Waals surface area contributed by atoms with E-state index in [1.54, 1.807) is 28.8 Å². The maximum atomic E-state index is 11.8. The first-order valence-electron chi connectivity index (χ1n) is 5.95. The maximum Gasteiger partial charge on any atom is 0.356 e. The molecule has 0 spiro atoms. The molecular weight excluding hydrogens is 260 g/mol. The number of aromatic nitrogens is 2. The lowest BCUT2D eigenvalue weighted by molar-refractivity contribution is 0.0690. The zero-order chi connectivity index (χ0) is 14.5. The van der Waals surface area contributed by atoms with Crippen molar-refractivity contribution in [1.29, 1.82) is 0 Å². The van der Waals surface area contributed by atoms with Gasteiger partial charge in [0.05, 0.1) is 6.33 Å². The van der Waals surface area contributed by atoms with Crippen LogP contribution in [0, 0.1) is 0 Å². The molecule has 2 rings (SSSR count). The van der Waals surface area contributed by atoms with Gasteiger partial charge in [-0.05, 0) is 18.2 Å². The smallest absolute Gasteiger partial charge is 0.356 e. The summed E-state index contributed by atoms with van der Waals surface area (Å²) in [6.07, 6.45) is 2.82. The number of carbonyl (C=O) groups is 2. The molecule has 0 saturated heterocycles. The lowest BCUT2D eigenvalue weighted by atomic mass is 10.2. The Kier molecular flexibility index (Phi) is 3.99. The lowest BCUT2D eigenvalue weighted by Gasteiger charge is -2.06. The molecule has 0 aliphatic rings. The van der Waals surface area contributed by atoms with Gasteiger partial charge in [0.15, 0.2) is 5.69 Å². The molecule has 2 aromatic rings. The summed E-state index contributed by atoms with van der Waals surface area (Å²) in [5, 5.41) is 11.5. The van der Waals surface area contributed by atoms with Gasteiger partial charge in [-0.2, -0.15) is 0 Å². The van der Waals surface area contributed by atoms with E-state index in [1.807, 2.05) is 0 Å². The number of amides is 1. The molecule has 0 saturated carbocycles. The van der Waals surface area contributed by atoms with Gasteiger partial charge in [0.1, 0.15) is 0 Å². The highest BCUT2D eigenvalue weighted by Gasteiger charge is 2.07. The largest absolute Gasteiger partial charge is 0.476 e. The summed E-state index contributed by atoms with van der Waals surface area (Å²) in [4.78, 5) is 26.2. The first-order chi connectivity index (χ1) is 9.56. The summed E-state index contributed by atoms with van der Waals surface area (Å²) < 4.78 is 1.60. The normalized spacial score (nSPS) is 10.2. The first-order valence-corrected chi connectivity index (χ1v) is 5.95. The van der Waals surface area contributed by atoms with Crippen LogP contribution in [-0.4, -0.2) is 33.1 Å². The van der Waals surface area contributed by atoms with Crippen molar-refractivity contribution < 1.29 is 14.7 Å². The van der Waals surface area contributed by atoms with Crippen LogP contribution in [0.3, 0.4) is 0 Å². The van der Waals surface area contributed by atoms with Crippen LogP contribution in [0.5, 0.6) is 0 Å². The number of nitrogen functional groups attached to an aromatic ring is 1. The molecule has 0 unspecified atom stereocenters. The maximum absolute atomic E-state index is 11.8. The molecule has 1 amide bonds. The number of aromatic carboxylic acids is 1. The molecule has 0 bridgehead atoms. The van der Waals surface area contributed by atoms with Gasteiger partial charge in [-0.1, -0.05) is 6.07 Å². The second-order valence-corrected chi connectivity index (χ2v) is 4.18. The van der Waals surface area contributed by atoms with Crippen LogP contribution in [0.4, 0.5) is 5.69 Å². The van der Waals surface area contributed by atoms with Crippen molar-refractivity contribution in [2.75, 3.05) is 12.3 Å². The van der Waals surface area contributed by atoms with Gasteiger partial charge >= 0.3 is 5.97 Å². The Morgan fingerprint density at radius 1 is 1.40 bits per heavy atom. The third-order valence-corrected chi connectivity index (χ3v) is 2.66. The molecule has 7 nitrogen and oxygen atoms in total. The number of hydrogen-bond acceptors (Lipinski definition) is 4. The van der Waals surface area contributed by atoms with Gasteiger partial charge in [-0.25, -0.2) is 9.78 Å². The van der Waals surface area contributed by atoms with Gasteiger partial charge < -0.3 is 20.7 Å². The number of hydrogen-bond donors (Lipinski definition) is 3. The Balaban J connectivity index is 1.86. The number of rotatable bonds is 5. The summed E-state index contributed by atoms with van der Waals surface area (Å²) in [6, 6.07) is 6.68. The fraction of sp³-hybridized carbons (Fsp3) is 0.154. The van der Waals surface area contributed by atoms with Crippen molar-refractivity contribution in [3.63, 3.8) is 0 Å². The Hall–Kier alpha value is -2.83. The van der Waals surface area contributed by atoms with E-state index in [2.05, 4.69) is 10.3 Å². The number of nitrogens with zero attached hydrogens (tertiary/aromatic N) is 2. The number of benzene rings is 1. The molecule has 4 N–H and O–H groups in total. The molecule has 1 heterocycles. The van der Waals surface area contributed by atoms with E-state index < -0.39 is 5.97 Å². The zero-order valence-electron chi connectivity index (χ0n) is 10.6. The van der Waals surface area contributed by atoms with Crippen LogP contribution >= 0.6 is 0 Å². The standard InChI is InChI=1S/C13H14N4O3/c14-10-3-1-2-9(6-10)12(18)15-4-5-17-7-11(13(19)20)16-8-17/h1-3,6-8H,4-5,14H2,(H,15,18)(H,19,20). The van der Waals surface area contributed by atoms with Gasteiger partial charge in [-0.3, -0.25) is 4.79 Å². The second-order valence-electron chi connectivity index (χ2n) is 4.18. The molecule has 0 aliphatic heterocycles. The van der Waals surface area contributed by atoms with Gasteiger partial charge in [-0.15, -0.1) is 0 Å². The third kappa shape index (κ3) is 3.35. The van der Waals surface area contributed by atoms with Crippen LogP contribution in [0.2, 0.25) is 0 Å². The number of anilines is 1. The highest BCUT2D eigenvalue weighted by atomic mass is 16.4. The highest BCUT2D eigenvalue weighted by Crippen LogP contribution is 2.06. The van der Waals surface area contributed by atoms with Crippen LogP contribution in [-0.2, 0) is 6.54 Å². The number of nitrogens with one attached hydrogen (secondary N) is 1. The van der Waals surface area contributed by atoms with Crippen LogP contribution in [0.1, 0.15) is 20.8 Å². The van der Waals surface area contributed by atoms with Crippen LogP contribution in [0.15, 0.2) is 36.8 Å². The molecule has 104 valence electrons. The average Bonchev–Trinajstić information content (AvgIpc) is 2.87. The summed E-state index contributed by atoms with van der Waals surface area (Å²) >= 11 is 0. The summed E-state index contributed by atoms with van der Waals surface area (Å²) in [6.45, 7) is 0.803. The number of imidazole rings is 1. The van der Waals surface area contributed by atoms with E-state index in [4.69, 9.17) is 10.8 Å². The SMILES string of the molecule is Nc1cccc(C(=O)NCCn2cnc(C(=O)O)c2)c1. The van der Waals surface area contributed by atoms with E-state index in [0.29, 0.717) is 24.3 Å². The first kappa shape index (κ1) is 13.6. The van der Waals surface area contributed by atoms with E-state index >= 15 is 0 Å². The average molecular weight is 274 g/mol. The quantitative estimate of drug-likeness (QED) is 0.691. The molecule has 0 atom stereocenters. The third-order valence-electron chi connectivity index (χ3n) is 2.66.